The quantitative estimate of drug-likeness (QED) is 0.607. The average molecular weight is 175 g/mol. The van der Waals surface area contributed by atoms with Gasteiger partial charge in [0.25, 0.3) is 0 Å². The molecule has 2 rings (SSSR count). The van der Waals surface area contributed by atoms with Crippen LogP contribution in [0.5, 0.6) is 0 Å². The molecule has 1 aromatic heterocycles. The summed E-state index contributed by atoms with van der Waals surface area (Å²) in [5.41, 5.74) is 1.34. The lowest BCUT2D eigenvalue weighted by atomic mass is 10.1. The number of anilines is 1. The summed E-state index contributed by atoms with van der Waals surface area (Å²) in [5, 5.41) is 0. The molecule has 13 heavy (non-hydrogen) atoms. The molecule has 0 aromatic carbocycles. The molecule has 0 radical (unpaired) electrons. The van der Waals surface area contributed by atoms with Crippen LogP contribution in [0, 0.1) is 0 Å². The number of piperidine rings is 1. The van der Waals surface area contributed by atoms with Gasteiger partial charge < -0.3 is 4.90 Å². The smallest absolute Gasteiger partial charge is 0.225 e. The van der Waals surface area contributed by atoms with E-state index in [-0.39, 0.29) is 0 Å². The van der Waals surface area contributed by atoms with E-state index in [1.54, 1.807) is 12.4 Å². The fourth-order valence-corrected chi connectivity index (χ4v) is 1.48. The zero-order chi connectivity index (χ0) is 9.10. The number of hydrogen-bond donors (Lipinski definition) is 0. The van der Waals surface area contributed by atoms with Crippen molar-refractivity contribution < 1.29 is 0 Å². The van der Waals surface area contributed by atoms with E-state index in [1.165, 1.54) is 5.57 Å². The SMILES string of the molecule is C=C1CCN(c2ncccn2)CC1. The molecule has 0 amide bonds. The third kappa shape index (κ3) is 1.86. The first kappa shape index (κ1) is 8.23. The minimum atomic E-state index is 0.843. The van der Waals surface area contributed by atoms with Crippen LogP contribution in [-0.2, 0) is 0 Å². The maximum absolute atomic E-state index is 4.21. The Hall–Kier alpha value is -1.38. The number of nitrogens with zero attached hydrogens (tertiary/aromatic N) is 3. The molecule has 1 aliphatic heterocycles. The topological polar surface area (TPSA) is 29.0 Å². The van der Waals surface area contributed by atoms with Gasteiger partial charge in [0, 0.05) is 25.5 Å². The van der Waals surface area contributed by atoms with Crippen LogP contribution in [-0.4, -0.2) is 23.1 Å². The van der Waals surface area contributed by atoms with Gasteiger partial charge in [-0.1, -0.05) is 12.2 Å². The Kier molecular flexibility index (Phi) is 2.25. The Morgan fingerprint density at radius 1 is 1.15 bits per heavy atom. The highest BCUT2D eigenvalue weighted by atomic mass is 15.2. The van der Waals surface area contributed by atoms with Crippen molar-refractivity contribution in [3.05, 3.63) is 30.6 Å². The van der Waals surface area contributed by atoms with E-state index in [0.29, 0.717) is 0 Å². The molecular formula is C10H13N3. The summed E-state index contributed by atoms with van der Waals surface area (Å²) < 4.78 is 0. The van der Waals surface area contributed by atoms with E-state index in [0.717, 1.165) is 31.9 Å². The molecule has 0 spiro atoms. The van der Waals surface area contributed by atoms with Crippen molar-refractivity contribution in [1.29, 1.82) is 0 Å². The molecule has 0 aliphatic carbocycles. The molecule has 1 aliphatic rings. The standard InChI is InChI=1S/C10H13N3/c1-9-3-7-13(8-4-9)10-11-5-2-6-12-10/h2,5-6H,1,3-4,7-8H2. The maximum atomic E-state index is 4.21. The van der Waals surface area contributed by atoms with Crippen molar-refractivity contribution in [2.24, 2.45) is 0 Å². The molecule has 0 unspecified atom stereocenters. The molecule has 0 atom stereocenters. The monoisotopic (exact) mass is 175 g/mol. The fraction of sp³-hybridized carbons (Fsp3) is 0.400. The fourth-order valence-electron chi connectivity index (χ4n) is 1.48. The summed E-state index contributed by atoms with van der Waals surface area (Å²) in [5.74, 6) is 0.843. The third-order valence-electron chi connectivity index (χ3n) is 2.31. The van der Waals surface area contributed by atoms with E-state index in [2.05, 4.69) is 21.4 Å². The van der Waals surface area contributed by atoms with Crippen LogP contribution in [0.15, 0.2) is 30.6 Å². The largest absolute Gasteiger partial charge is 0.340 e. The Morgan fingerprint density at radius 2 is 1.77 bits per heavy atom. The highest BCUT2D eigenvalue weighted by Gasteiger charge is 2.14. The van der Waals surface area contributed by atoms with Crippen molar-refractivity contribution in [3.8, 4) is 0 Å². The zero-order valence-electron chi connectivity index (χ0n) is 7.61. The van der Waals surface area contributed by atoms with Gasteiger partial charge in [-0.3, -0.25) is 0 Å². The van der Waals surface area contributed by atoms with Gasteiger partial charge in [-0.05, 0) is 18.9 Å². The van der Waals surface area contributed by atoms with E-state index >= 15 is 0 Å². The maximum Gasteiger partial charge on any atom is 0.225 e. The summed E-state index contributed by atoms with van der Waals surface area (Å²) in [4.78, 5) is 10.6. The van der Waals surface area contributed by atoms with Crippen LogP contribution in [0.25, 0.3) is 0 Å². The molecule has 1 saturated heterocycles. The van der Waals surface area contributed by atoms with Gasteiger partial charge in [0.15, 0.2) is 0 Å². The third-order valence-corrected chi connectivity index (χ3v) is 2.31. The lowest BCUT2D eigenvalue weighted by molar-refractivity contribution is 0.669. The molecule has 0 bridgehead atoms. The Balaban J connectivity index is 2.07. The van der Waals surface area contributed by atoms with Gasteiger partial charge in [-0.2, -0.15) is 0 Å². The molecular weight excluding hydrogens is 162 g/mol. The first-order chi connectivity index (χ1) is 6.36. The van der Waals surface area contributed by atoms with Crippen LogP contribution in [0.3, 0.4) is 0 Å². The second kappa shape index (κ2) is 3.56. The Bertz CT molecular complexity index is 284. The average Bonchev–Trinajstić information content (AvgIpc) is 2.20. The molecule has 0 N–H and O–H groups in total. The van der Waals surface area contributed by atoms with Crippen molar-refractivity contribution >= 4 is 5.95 Å². The lowest BCUT2D eigenvalue weighted by Crippen LogP contribution is -2.31. The van der Waals surface area contributed by atoms with Gasteiger partial charge in [0.1, 0.15) is 0 Å². The van der Waals surface area contributed by atoms with Gasteiger partial charge in [-0.25, -0.2) is 9.97 Å². The molecule has 68 valence electrons. The molecule has 1 aromatic rings. The summed E-state index contributed by atoms with van der Waals surface area (Å²) in [7, 11) is 0. The second-order valence-electron chi connectivity index (χ2n) is 3.29. The highest BCUT2D eigenvalue weighted by molar-refractivity contribution is 5.30. The van der Waals surface area contributed by atoms with E-state index in [1.807, 2.05) is 6.07 Å². The van der Waals surface area contributed by atoms with Gasteiger partial charge in [-0.15, -0.1) is 0 Å². The minimum Gasteiger partial charge on any atom is -0.340 e. The zero-order valence-corrected chi connectivity index (χ0v) is 7.61. The van der Waals surface area contributed by atoms with Crippen molar-refractivity contribution in [1.82, 2.24) is 9.97 Å². The van der Waals surface area contributed by atoms with Crippen LogP contribution in [0.4, 0.5) is 5.95 Å². The van der Waals surface area contributed by atoms with Crippen LogP contribution in [0.2, 0.25) is 0 Å². The molecule has 3 nitrogen and oxygen atoms in total. The molecule has 1 fully saturated rings. The number of aromatic nitrogens is 2. The minimum absolute atomic E-state index is 0.843. The summed E-state index contributed by atoms with van der Waals surface area (Å²) in [6, 6.07) is 1.84. The first-order valence-corrected chi connectivity index (χ1v) is 4.55. The van der Waals surface area contributed by atoms with Crippen molar-refractivity contribution in [2.45, 2.75) is 12.8 Å². The van der Waals surface area contributed by atoms with Gasteiger partial charge >= 0.3 is 0 Å². The first-order valence-electron chi connectivity index (χ1n) is 4.55. The predicted octanol–water partition coefficient (Wildman–Crippen LogP) is 1.63. The van der Waals surface area contributed by atoms with Gasteiger partial charge in [0.2, 0.25) is 5.95 Å². The molecule has 0 saturated carbocycles. The Labute approximate surface area is 78.1 Å². The summed E-state index contributed by atoms with van der Waals surface area (Å²) in [6.45, 7) is 5.98. The number of hydrogen-bond acceptors (Lipinski definition) is 3. The lowest BCUT2D eigenvalue weighted by Gasteiger charge is -2.27. The van der Waals surface area contributed by atoms with Gasteiger partial charge in [0.05, 0.1) is 0 Å². The molecule has 3 heteroatoms. The van der Waals surface area contributed by atoms with E-state index < -0.39 is 0 Å². The van der Waals surface area contributed by atoms with Crippen LogP contribution in [0.1, 0.15) is 12.8 Å². The summed E-state index contributed by atoms with van der Waals surface area (Å²) >= 11 is 0. The van der Waals surface area contributed by atoms with Crippen molar-refractivity contribution in [3.63, 3.8) is 0 Å². The predicted molar refractivity (Wildman–Crippen MR) is 52.6 cm³/mol. The van der Waals surface area contributed by atoms with Crippen molar-refractivity contribution in [2.75, 3.05) is 18.0 Å². The second-order valence-corrected chi connectivity index (χ2v) is 3.29. The highest BCUT2D eigenvalue weighted by Crippen LogP contribution is 2.17. The number of rotatable bonds is 1. The van der Waals surface area contributed by atoms with E-state index in [9.17, 15) is 0 Å². The van der Waals surface area contributed by atoms with E-state index in [4.69, 9.17) is 0 Å². The molecule has 2 heterocycles. The van der Waals surface area contributed by atoms with Crippen LogP contribution >= 0.6 is 0 Å². The Morgan fingerprint density at radius 3 is 2.38 bits per heavy atom. The normalized spacial score (nSPS) is 17.5. The summed E-state index contributed by atoms with van der Waals surface area (Å²) in [6.07, 6.45) is 5.70. The van der Waals surface area contributed by atoms with Crippen LogP contribution < -0.4 is 4.90 Å².